The zero-order chi connectivity index (χ0) is 22.2. The van der Waals surface area contributed by atoms with E-state index in [0.29, 0.717) is 11.7 Å². The molecule has 0 saturated carbocycles. The molecule has 5 unspecified atom stereocenters. The van der Waals surface area contributed by atoms with Gasteiger partial charge in [0.05, 0.1) is 11.7 Å². The Morgan fingerprint density at radius 1 is 0.567 bits per heavy atom. The van der Waals surface area contributed by atoms with Crippen LogP contribution in [0.5, 0.6) is 0 Å². The highest BCUT2D eigenvalue weighted by Gasteiger charge is 2.33. The first-order valence-corrected chi connectivity index (χ1v) is 14.8. The van der Waals surface area contributed by atoms with Crippen LogP contribution in [0, 0.1) is 17.8 Å². The minimum absolute atomic E-state index is 0.0374. The number of unbranched alkanes of at least 4 members (excludes halogenated alkanes) is 3. The molecule has 3 heteroatoms. The second-order valence-corrected chi connectivity index (χ2v) is 11.4. The van der Waals surface area contributed by atoms with E-state index >= 15 is 0 Å². The topological polar surface area (TPSA) is 18.5 Å². The van der Waals surface area contributed by atoms with Crippen LogP contribution in [-0.4, -0.2) is 18.0 Å². The molecule has 0 bridgehead atoms. The smallest absolute Gasteiger partial charge is 0.159 e. The van der Waals surface area contributed by atoms with Crippen molar-refractivity contribution in [1.29, 1.82) is 0 Å². The van der Waals surface area contributed by atoms with Crippen molar-refractivity contribution in [2.24, 2.45) is 17.8 Å². The highest BCUT2D eigenvalue weighted by molar-refractivity contribution is 7.39. The minimum atomic E-state index is 0.0374. The van der Waals surface area contributed by atoms with Crippen LogP contribution in [0.1, 0.15) is 138 Å². The molecule has 30 heavy (non-hydrogen) atoms. The summed E-state index contributed by atoms with van der Waals surface area (Å²) in [6.45, 7) is 14.0. The Hall–Kier alpha value is 0.350. The summed E-state index contributed by atoms with van der Waals surface area (Å²) in [6.07, 6.45) is 19.5. The lowest BCUT2D eigenvalue weighted by molar-refractivity contribution is -0.190. The zero-order valence-corrected chi connectivity index (χ0v) is 22.4. The van der Waals surface area contributed by atoms with Gasteiger partial charge >= 0.3 is 0 Å². The van der Waals surface area contributed by atoms with Crippen LogP contribution in [0.25, 0.3) is 0 Å². The van der Waals surface area contributed by atoms with Gasteiger partial charge in [0.2, 0.25) is 0 Å². The molecule has 180 valence electrons. The van der Waals surface area contributed by atoms with Gasteiger partial charge in [-0.15, -0.1) is 0 Å². The van der Waals surface area contributed by atoms with Crippen molar-refractivity contribution in [3.05, 3.63) is 0 Å². The molecule has 0 aromatic heterocycles. The summed E-state index contributed by atoms with van der Waals surface area (Å²) in [5.41, 5.74) is 0. The normalized spacial score (nSPS) is 26.0. The predicted octanol–water partition coefficient (Wildman–Crippen LogP) is 9.51. The van der Waals surface area contributed by atoms with E-state index in [1.807, 2.05) is 0 Å². The standard InChI is InChI=1S/C27H55O2P/c1-7-13-16-22(10-4)19-25-28-26(20-23(11-5)17-14-8-2)30-27(29-25)21-24(12-6)18-15-9-3/h22-27,30H,7-21H2,1-6H3. The second-order valence-electron chi connectivity index (χ2n) is 9.80. The summed E-state index contributed by atoms with van der Waals surface area (Å²) < 4.78 is 13.3. The van der Waals surface area contributed by atoms with Gasteiger partial charge in [0.1, 0.15) is 0 Å². The molecule has 1 fully saturated rings. The average molecular weight is 443 g/mol. The Morgan fingerprint density at radius 2 is 0.933 bits per heavy atom. The lowest BCUT2D eigenvalue weighted by Gasteiger charge is -2.39. The number of hydrogen-bond acceptors (Lipinski definition) is 2. The minimum Gasteiger partial charge on any atom is -0.345 e. The summed E-state index contributed by atoms with van der Waals surface area (Å²) in [4.78, 5) is 0. The third kappa shape index (κ3) is 11.8. The van der Waals surface area contributed by atoms with Crippen molar-refractivity contribution >= 4 is 8.58 Å². The van der Waals surface area contributed by atoms with E-state index in [4.69, 9.17) is 9.47 Å². The Morgan fingerprint density at radius 3 is 1.27 bits per heavy atom. The summed E-state index contributed by atoms with van der Waals surface area (Å²) in [5.74, 6) is 3.27. The van der Waals surface area contributed by atoms with Crippen LogP contribution in [0.3, 0.4) is 0 Å². The molecule has 5 atom stereocenters. The Kier molecular flexibility index (Phi) is 16.9. The maximum absolute atomic E-state index is 6.63. The number of rotatable bonds is 18. The van der Waals surface area contributed by atoms with Crippen LogP contribution < -0.4 is 0 Å². The van der Waals surface area contributed by atoms with Crippen molar-refractivity contribution in [2.45, 2.75) is 156 Å². The fourth-order valence-corrected chi connectivity index (χ4v) is 6.68. The molecular formula is C27H55O2P. The van der Waals surface area contributed by atoms with E-state index in [-0.39, 0.29) is 6.29 Å². The monoisotopic (exact) mass is 442 g/mol. The maximum atomic E-state index is 6.63. The first-order chi connectivity index (χ1) is 14.6. The summed E-state index contributed by atoms with van der Waals surface area (Å²) >= 11 is 0. The molecule has 0 aromatic carbocycles. The van der Waals surface area contributed by atoms with Crippen LogP contribution in [0.15, 0.2) is 0 Å². The quantitative estimate of drug-likeness (QED) is 0.197. The summed E-state index contributed by atoms with van der Waals surface area (Å²) in [7, 11) is 0.826. The molecule has 0 amide bonds. The van der Waals surface area contributed by atoms with Gasteiger partial charge in [-0.1, -0.05) is 127 Å². The highest BCUT2D eigenvalue weighted by Crippen LogP contribution is 2.44. The van der Waals surface area contributed by atoms with Gasteiger partial charge < -0.3 is 9.47 Å². The Bertz CT molecular complexity index is 326. The molecule has 1 heterocycles. The average Bonchev–Trinajstić information content (AvgIpc) is 2.76. The third-order valence-corrected chi connectivity index (χ3v) is 8.74. The van der Waals surface area contributed by atoms with E-state index in [9.17, 15) is 0 Å². The number of ether oxygens (including phenoxy) is 2. The van der Waals surface area contributed by atoms with E-state index < -0.39 is 0 Å². The van der Waals surface area contributed by atoms with Crippen molar-refractivity contribution in [3.8, 4) is 0 Å². The van der Waals surface area contributed by atoms with E-state index in [1.165, 1.54) is 89.9 Å². The van der Waals surface area contributed by atoms with Crippen molar-refractivity contribution < 1.29 is 9.47 Å². The first-order valence-electron chi connectivity index (χ1n) is 13.7. The van der Waals surface area contributed by atoms with Crippen LogP contribution in [-0.2, 0) is 9.47 Å². The lowest BCUT2D eigenvalue weighted by atomic mass is 9.94. The zero-order valence-electron chi connectivity index (χ0n) is 21.4. The van der Waals surface area contributed by atoms with Gasteiger partial charge in [-0.05, 0) is 30.6 Å². The van der Waals surface area contributed by atoms with Gasteiger partial charge in [-0.3, -0.25) is 0 Å². The molecule has 0 N–H and O–H groups in total. The van der Waals surface area contributed by atoms with Crippen LogP contribution in [0.4, 0.5) is 0 Å². The van der Waals surface area contributed by atoms with E-state index in [1.54, 1.807) is 0 Å². The highest BCUT2D eigenvalue weighted by atomic mass is 31.1. The summed E-state index contributed by atoms with van der Waals surface area (Å²) in [5, 5.41) is 0. The predicted molar refractivity (Wildman–Crippen MR) is 136 cm³/mol. The molecule has 0 spiro atoms. The molecule has 0 aromatic rings. The molecule has 0 aliphatic carbocycles. The van der Waals surface area contributed by atoms with Crippen molar-refractivity contribution in [2.75, 3.05) is 0 Å². The van der Waals surface area contributed by atoms with E-state index in [2.05, 4.69) is 41.5 Å². The largest absolute Gasteiger partial charge is 0.345 e. The second kappa shape index (κ2) is 17.9. The van der Waals surface area contributed by atoms with Gasteiger partial charge in [0, 0.05) is 6.42 Å². The van der Waals surface area contributed by atoms with Crippen LogP contribution in [0.2, 0.25) is 0 Å². The molecule has 1 aliphatic rings. The molecule has 1 rings (SSSR count). The first kappa shape index (κ1) is 28.4. The molecular weight excluding hydrogens is 387 g/mol. The Balaban J connectivity index is 2.75. The van der Waals surface area contributed by atoms with Gasteiger partial charge in [0.25, 0.3) is 0 Å². The van der Waals surface area contributed by atoms with Crippen molar-refractivity contribution in [3.63, 3.8) is 0 Å². The van der Waals surface area contributed by atoms with Crippen LogP contribution >= 0.6 is 8.58 Å². The van der Waals surface area contributed by atoms with E-state index in [0.717, 1.165) is 32.8 Å². The SMILES string of the molecule is CCCCC(CC)CC1OC(CC(CC)CCCC)PC(CC(CC)CCCC)O1. The van der Waals surface area contributed by atoms with Gasteiger partial charge in [0.15, 0.2) is 6.29 Å². The van der Waals surface area contributed by atoms with Gasteiger partial charge in [-0.2, -0.15) is 0 Å². The lowest BCUT2D eigenvalue weighted by Crippen LogP contribution is -2.36. The maximum Gasteiger partial charge on any atom is 0.159 e. The molecule has 1 saturated heterocycles. The molecule has 2 nitrogen and oxygen atoms in total. The molecule has 0 radical (unpaired) electrons. The van der Waals surface area contributed by atoms with Gasteiger partial charge in [-0.25, -0.2) is 0 Å². The summed E-state index contributed by atoms with van der Waals surface area (Å²) in [6, 6.07) is 0. The van der Waals surface area contributed by atoms with Crippen molar-refractivity contribution in [1.82, 2.24) is 0 Å². The fraction of sp³-hybridized carbons (Fsp3) is 1.00. The third-order valence-electron chi connectivity index (χ3n) is 7.25. The molecule has 1 aliphatic heterocycles. The fourth-order valence-electron chi connectivity index (χ4n) is 4.86. The number of hydrogen-bond donors (Lipinski definition) is 0. The Labute approximate surface area is 191 Å².